The maximum Gasteiger partial charge on any atom is 0.186 e. The van der Waals surface area contributed by atoms with Gasteiger partial charge in [-0.3, -0.25) is 0 Å². The fourth-order valence-electron chi connectivity index (χ4n) is 1.61. The molecule has 0 aliphatic rings. The molecule has 1 heterocycles. The van der Waals surface area contributed by atoms with Crippen LogP contribution in [0.1, 0.15) is 12.6 Å². The molecule has 0 saturated carbocycles. The van der Waals surface area contributed by atoms with Crippen LogP contribution in [0.2, 0.25) is 5.02 Å². The third kappa shape index (κ3) is 2.81. The van der Waals surface area contributed by atoms with Gasteiger partial charge in [0.25, 0.3) is 0 Å². The number of halogens is 3. The predicted octanol–water partition coefficient (Wildman–Crippen LogP) is 3.82. The highest BCUT2D eigenvalue weighted by atomic mass is 35.5. The highest BCUT2D eigenvalue weighted by Gasteiger charge is 2.13. The van der Waals surface area contributed by atoms with Crippen molar-refractivity contribution < 1.29 is 8.78 Å². The zero-order valence-electron chi connectivity index (χ0n) is 10.5. The lowest BCUT2D eigenvalue weighted by Gasteiger charge is -2.09. The van der Waals surface area contributed by atoms with E-state index >= 15 is 0 Å². The maximum absolute atomic E-state index is 13.7. The molecule has 0 atom stereocenters. The van der Waals surface area contributed by atoms with Gasteiger partial charge in [0, 0.05) is 12.1 Å². The van der Waals surface area contributed by atoms with Crippen molar-refractivity contribution in [2.24, 2.45) is 0 Å². The molecule has 0 amide bonds. The van der Waals surface area contributed by atoms with Crippen LogP contribution in [0.15, 0.2) is 18.2 Å². The third-order valence-corrected chi connectivity index (χ3v) is 2.85. The number of nitrogens with zero attached hydrogens (tertiary/aromatic N) is 2. The van der Waals surface area contributed by atoms with Gasteiger partial charge in [-0.1, -0.05) is 11.6 Å². The Morgan fingerprint density at radius 2 is 2.00 bits per heavy atom. The summed E-state index contributed by atoms with van der Waals surface area (Å²) in [5.41, 5.74) is 0.653. The Hall–Kier alpha value is -1.75. The van der Waals surface area contributed by atoms with Crippen molar-refractivity contribution in [3.8, 4) is 11.4 Å². The molecule has 0 bridgehead atoms. The van der Waals surface area contributed by atoms with E-state index in [0.29, 0.717) is 12.1 Å². The third-order valence-electron chi connectivity index (χ3n) is 2.54. The molecule has 1 aromatic carbocycles. The SMILES string of the molecule is CCNc1nc(-c2ccc(Cl)c(F)c2)nc(C)c1F. The quantitative estimate of drug-likeness (QED) is 0.931. The molecule has 0 aliphatic heterocycles. The number of rotatable bonds is 3. The number of aromatic nitrogens is 2. The van der Waals surface area contributed by atoms with Crippen molar-refractivity contribution in [2.45, 2.75) is 13.8 Å². The smallest absolute Gasteiger partial charge is 0.186 e. The fourth-order valence-corrected chi connectivity index (χ4v) is 1.73. The van der Waals surface area contributed by atoms with Crippen molar-refractivity contribution >= 4 is 17.4 Å². The van der Waals surface area contributed by atoms with Gasteiger partial charge in [0.05, 0.1) is 10.7 Å². The van der Waals surface area contributed by atoms with E-state index in [0.717, 1.165) is 0 Å². The van der Waals surface area contributed by atoms with Crippen LogP contribution >= 0.6 is 11.6 Å². The first-order chi connectivity index (χ1) is 9.02. The van der Waals surface area contributed by atoms with Crippen LogP contribution in [-0.4, -0.2) is 16.5 Å². The minimum absolute atomic E-state index is 0.0227. The van der Waals surface area contributed by atoms with E-state index in [9.17, 15) is 8.78 Å². The Kier molecular flexibility index (Phi) is 3.95. The van der Waals surface area contributed by atoms with Gasteiger partial charge in [0.1, 0.15) is 5.82 Å². The van der Waals surface area contributed by atoms with E-state index in [-0.39, 0.29) is 22.4 Å². The van der Waals surface area contributed by atoms with Gasteiger partial charge in [0.15, 0.2) is 17.5 Å². The summed E-state index contributed by atoms with van der Waals surface area (Å²) in [6.45, 7) is 3.90. The molecule has 0 radical (unpaired) electrons. The largest absolute Gasteiger partial charge is 0.368 e. The second-order valence-corrected chi connectivity index (χ2v) is 4.36. The average molecular weight is 284 g/mol. The topological polar surface area (TPSA) is 37.8 Å². The van der Waals surface area contributed by atoms with Gasteiger partial charge in [-0.25, -0.2) is 18.7 Å². The average Bonchev–Trinajstić information content (AvgIpc) is 2.38. The van der Waals surface area contributed by atoms with Crippen molar-refractivity contribution in [3.63, 3.8) is 0 Å². The monoisotopic (exact) mass is 283 g/mol. The number of hydrogen-bond acceptors (Lipinski definition) is 3. The molecule has 3 nitrogen and oxygen atoms in total. The lowest BCUT2D eigenvalue weighted by molar-refractivity contribution is 0.606. The summed E-state index contributed by atoms with van der Waals surface area (Å²) in [7, 11) is 0. The van der Waals surface area contributed by atoms with Crippen LogP contribution in [0.5, 0.6) is 0 Å². The Morgan fingerprint density at radius 1 is 1.26 bits per heavy atom. The Bertz CT molecular complexity index is 617. The van der Waals surface area contributed by atoms with Gasteiger partial charge in [-0.15, -0.1) is 0 Å². The molecule has 1 N–H and O–H groups in total. The van der Waals surface area contributed by atoms with Gasteiger partial charge in [-0.05, 0) is 32.0 Å². The molecule has 1 aromatic heterocycles. The van der Waals surface area contributed by atoms with Crippen LogP contribution in [0.4, 0.5) is 14.6 Å². The fraction of sp³-hybridized carbons (Fsp3) is 0.231. The molecule has 2 aromatic rings. The predicted molar refractivity (Wildman–Crippen MR) is 71.3 cm³/mol. The molecule has 0 saturated heterocycles. The summed E-state index contributed by atoms with van der Waals surface area (Å²) >= 11 is 5.62. The van der Waals surface area contributed by atoms with Crippen LogP contribution in [0, 0.1) is 18.6 Å². The minimum atomic E-state index is -0.560. The highest BCUT2D eigenvalue weighted by Crippen LogP contribution is 2.24. The Morgan fingerprint density at radius 3 is 2.63 bits per heavy atom. The first-order valence-corrected chi connectivity index (χ1v) is 6.14. The van der Waals surface area contributed by atoms with Gasteiger partial charge >= 0.3 is 0 Å². The second kappa shape index (κ2) is 5.48. The first kappa shape index (κ1) is 13.7. The molecule has 2 rings (SSSR count). The Balaban J connectivity index is 2.52. The molecule has 19 heavy (non-hydrogen) atoms. The van der Waals surface area contributed by atoms with Gasteiger partial charge in [0.2, 0.25) is 0 Å². The van der Waals surface area contributed by atoms with Crippen LogP contribution < -0.4 is 5.32 Å². The summed E-state index contributed by atoms with van der Waals surface area (Å²) in [5.74, 6) is -0.694. The molecular weight excluding hydrogens is 272 g/mol. The minimum Gasteiger partial charge on any atom is -0.368 e. The van der Waals surface area contributed by atoms with E-state index in [1.165, 1.54) is 19.1 Å². The second-order valence-electron chi connectivity index (χ2n) is 3.95. The van der Waals surface area contributed by atoms with Crippen molar-refractivity contribution in [2.75, 3.05) is 11.9 Å². The molecule has 0 spiro atoms. The number of nitrogens with one attached hydrogen (secondary N) is 1. The van der Waals surface area contributed by atoms with Gasteiger partial charge in [-0.2, -0.15) is 0 Å². The summed E-state index contributed by atoms with van der Waals surface area (Å²) in [5, 5.41) is 2.83. The summed E-state index contributed by atoms with van der Waals surface area (Å²) in [6.07, 6.45) is 0. The summed E-state index contributed by atoms with van der Waals surface area (Å²) in [4.78, 5) is 8.08. The van der Waals surface area contributed by atoms with E-state index in [2.05, 4.69) is 15.3 Å². The van der Waals surface area contributed by atoms with E-state index in [1.54, 1.807) is 6.07 Å². The standard InChI is InChI=1S/C13H12ClF2N3/c1-3-17-13-11(16)7(2)18-12(19-13)8-4-5-9(14)10(15)6-8/h4-6H,3H2,1-2H3,(H,17,18,19). The number of hydrogen-bond donors (Lipinski definition) is 1. The molecular formula is C13H12ClF2N3. The number of anilines is 1. The van der Waals surface area contributed by atoms with Gasteiger partial charge < -0.3 is 5.32 Å². The lowest BCUT2D eigenvalue weighted by Crippen LogP contribution is -2.06. The van der Waals surface area contributed by atoms with Crippen molar-refractivity contribution in [3.05, 3.63) is 40.6 Å². The van der Waals surface area contributed by atoms with E-state index in [4.69, 9.17) is 11.6 Å². The summed E-state index contributed by atoms with van der Waals surface area (Å²) in [6, 6.07) is 4.24. The Labute approximate surface area is 114 Å². The van der Waals surface area contributed by atoms with E-state index in [1.807, 2.05) is 6.92 Å². The lowest BCUT2D eigenvalue weighted by atomic mass is 10.2. The zero-order chi connectivity index (χ0) is 14.0. The van der Waals surface area contributed by atoms with Crippen LogP contribution in [0.25, 0.3) is 11.4 Å². The normalized spacial score (nSPS) is 10.6. The first-order valence-electron chi connectivity index (χ1n) is 5.76. The van der Waals surface area contributed by atoms with Crippen LogP contribution in [-0.2, 0) is 0 Å². The zero-order valence-corrected chi connectivity index (χ0v) is 11.2. The molecule has 6 heteroatoms. The van der Waals surface area contributed by atoms with Crippen molar-refractivity contribution in [1.29, 1.82) is 0 Å². The number of benzene rings is 1. The molecule has 0 aliphatic carbocycles. The molecule has 0 fully saturated rings. The molecule has 100 valence electrons. The van der Waals surface area contributed by atoms with Crippen molar-refractivity contribution in [1.82, 2.24) is 9.97 Å². The maximum atomic E-state index is 13.7. The van der Waals surface area contributed by atoms with E-state index < -0.39 is 11.6 Å². The molecule has 0 unspecified atom stereocenters. The van der Waals surface area contributed by atoms with Crippen LogP contribution in [0.3, 0.4) is 0 Å². The number of aryl methyl sites for hydroxylation is 1. The highest BCUT2D eigenvalue weighted by molar-refractivity contribution is 6.30. The summed E-state index contributed by atoms with van der Waals surface area (Å²) < 4.78 is 27.2.